The molecule has 0 N–H and O–H groups in total. The third-order valence-corrected chi connectivity index (χ3v) is 2.56. The van der Waals surface area contributed by atoms with Crippen LogP contribution < -0.4 is 0 Å². The average Bonchev–Trinajstić information content (AvgIpc) is 3.01. The summed E-state index contributed by atoms with van der Waals surface area (Å²) in [7, 11) is 0. The first-order valence-electron chi connectivity index (χ1n) is 5.63. The second-order valence-corrected chi connectivity index (χ2v) is 3.70. The van der Waals surface area contributed by atoms with Gasteiger partial charge in [0.1, 0.15) is 0 Å². The second kappa shape index (κ2) is 5.65. The van der Waals surface area contributed by atoms with Gasteiger partial charge < -0.3 is 9.13 Å². The van der Waals surface area contributed by atoms with Crippen LogP contribution in [0.25, 0.3) is 11.6 Å². The number of rotatable bonds is 5. The highest BCUT2D eigenvalue weighted by Gasteiger charge is 2.11. The predicted octanol–water partition coefficient (Wildman–Crippen LogP) is 1.57. The van der Waals surface area contributed by atoms with E-state index in [0.29, 0.717) is 25.9 Å². The molecule has 0 radical (unpaired) electrons. The monoisotopic (exact) mass is 240 g/mol. The van der Waals surface area contributed by atoms with Gasteiger partial charge in [0.25, 0.3) is 0 Å². The van der Waals surface area contributed by atoms with Crippen molar-refractivity contribution in [3.8, 4) is 23.8 Å². The smallest absolute Gasteiger partial charge is 0.176 e. The molecule has 0 fully saturated rings. The summed E-state index contributed by atoms with van der Waals surface area (Å²) in [6.07, 6.45) is 7.91. The maximum absolute atomic E-state index is 8.62. The highest BCUT2D eigenvalue weighted by Crippen LogP contribution is 2.16. The summed E-state index contributed by atoms with van der Waals surface area (Å²) in [5.41, 5.74) is 0. The van der Waals surface area contributed by atoms with Crippen molar-refractivity contribution >= 4 is 0 Å². The third kappa shape index (κ3) is 2.38. The zero-order valence-corrected chi connectivity index (χ0v) is 9.82. The highest BCUT2D eigenvalue weighted by atomic mass is 15.2. The fraction of sp³-hybridized carbons (Fsp3) is 0.333. The minimum absolute atomic E-state index is 0.433. The SMILES string of the molecule is N#CCCn1ccnc1-c1nccn1CCC#N. The van der Waals surface area contributed by atoms with E-state index in [1.54, 1.807) is 12.4 Å². The zero-order chi connectivity index (χ0) is 12.8. The quantitative estimate of drug-likeness (QED) is 0.794. The molecule has 0 aliphatic rings. The molecule has 0 atom stereocenters. The normalized spacial score (nSPS) is 9.89. The maximum atomic E-state index is 8.62. The van der Waals surface area contributed by atoms with Gasteiger partial charge in [-0.3, -0.25) is 0 Å². The molecule has 18 heavy (non-hydrogen) atoms. The number of imidazole rings is 2. The molecule has 0 saturated carbocycles. The van der Waals surface area contributed by atoms with Crippen LogP contribution in [0.2, 0.25) is 0 Å². The molecule has 0 spiro atoms. The molecule has 0 bridgehead atoms. The van der Waals surface area contributed by atoms with Crippen molar-refractivity contribution in [2.45, 2.75) is 25.9 Å². The molecule has 0 unspecified atom stereocenters. The molecule has 2 rings (SSSR count). The number of hydrogen-bond donors (Lipinski definition) is 0. The van der Waals surface area contributed by atoms with E-state index in [1.807, 2.05) is 21.5 Å². The predicted molar refractivity (Wildman–Crippen MR) is 63.9 cm³/mol. The third-order valence-electron chi connectivity index (χ3n) is 2.56. The summed E-state index contributed by atoms with van der Waals surface area (Å²) in [5.74, 6) is 1.46. The lowest BCUT2D eigenvalue weighted by Gasteiger charge is -2.07. The Bertz CT molecular complexity index is 540. The Hall–Kier alpha value is -2.60. The summed E-state index contributed by atoms with van der Waals surface area (Å²) in [4.78, 5) is 8.54. The number of nitriles is 2. The van der Waals surface area contributed by atoms with Gasteiger partial charge in [-0.1, -0.05) is 0 Å². The van der Waals surface area contributed by atoms with E-state index in [9.17, 15) is 0 Å². The van der Waals surface area contributed by atoms with Crippen molar-refractivity contribution in [1.29, 1.82) is 10.5 Å². The molecule has 0 aromatic carbocycles. The summed E-state index contributed by atoms with van der Waals surface area (Å²) in [6.45, 7) is 1.19. The van der Waals surface area contributed by atoms with Crippen LogP contribution in [0, 0.1) is 22.7 Å². The summed E-state index contributed by atoms with van der Waals surface area (Å²) in [5, 5.41) is 17.2. The minimum Gasteiger partial charge on any atom is -0.327 e. The van der Waals surface area contributed by atoms with Crippen molar-refractivity contribution in [2.75, 3.05) is 0 Å². The minimum atomic E-state index is 0.433. The first-order chi connectivity index (χ1) is 8.86. The van der Waals surface area contributed by atoms with E-state index in [4.69, 9.17) is 10.5 Å². The fourth-order valence-corrected chi connectivity index (χ4v) is 1.73. The van der Waals surface area contributed by atoms with E-state index in [-0.39, 0.29) is 0 Å². The van der Waals surface area contributed by atoms with E-state index < -0.39 is 0 Å². The van der Waals surface area contributed by atoms with Gasteiger partial charge >= 0.3 is 0 Å². The van der Waals surface area contributed by atoms with E-state index >= 15 is 0 Å². The molecule has 2 aromatic rings. The van der Waals surface area contributed by atoms with Gasteiger partial charge in [0.05, 0.1) is 25.0 Å². The van der Waals surface area contributed by atoms with Gasteiger partial charge in [0.15, 0.2) is 11.6 Å². The van der Waals surface area contributed by atoms with E-state index in [2.05, 4.69) is 22.1 Å². The van der Waals surface area contributed by atoms with Crippen molar-refractivity contribution in [1.82, 2.24) is 19.1 Å². The number of aromatic nitrogens is 4. The second-order valence-electron chi connectivity index (χ2n) is 3.70. The Labute approximate surface area is 105 Å². The molecule has 6 heteroatoms. The van der Waals surface area contributed by atoms with E-state index in [0.717, 1.165) is 11.6 Å². The Kier molecular flexibility index (Phi) is 3.72. The van der Waals surface area contributed by atoms with Crippen LogP contribution in [0.15, 0.2) is 24.8 Å². The van der Waals surface area contributed by atoms with Crippen molar-refractivity contribution in [3.63, 3.8) is 0 Å². The van der Waals surface area contributed by atoms with Crippen LogP contribution in [-0.2, 0) is 13.1 Å². The van der Waals surface area contributed by atoms with Crippen LogP contribution >= 0.6 is 0 Å². The zero-order valence-electron chi connectivity index (χ0n) is 9.82. The van der Waals surface area contributed by atoms with Crippen LogP contribution in [0.1, 0.15) is 12.8 Å². The van der Waals surface area contributed by atoms with Crippen molar-refractivity contribution in [3.05, 3.63) is 24.8 Å². The van der Waals surface area contributed by atoms with Crippen LogP contribution in [-0.4, -0.2) is 19.1 Å². The number of hydrogen-bond acceptors (Lipinski definition) is 4. The lowest BCUT2D eigenvalue weighted by atomic mass is 10.4. The molecular weight excluding hydrogens is 228 g/mol. The van der Waals surface area contributed by atoms with Crippen molar-refractivity contribution in [2.24, 2.45) is 0 Å². The van der Waals surface area contributed by atoms with E-state index in [1.165, 1.54) is 0 Å². The van der Waals surface area contributed by atoms with Gasteiger partial charge in [-0.05, 0) is 0 Å². The molecule has 2 aromatic heterocycles. The van der Waals surface area contributed by atoms with Gasteiger partial charge in [0.2, 0.25) is 0 Å². The average molecular weight is 240 g/mol. The summed E-state index contributed by atoms with van der Waals surface area (Å²) < 4.78 is 3.79. The largest absolute Gasteiger partial charge is 0.327 e. The Morgan fingerprint density at radius 2 is 1.33 bits per heavy atom. The molecular formula is C12H12N6. The van der Waals surface area contributed by atoms with Gasteiger partial charge in [-0.15, -0.1) is 0 Å². The molecule has 0 saturated heterocycles. The van der Waals surface area contributed by atoms with Gasteiger partial charge in [-0.2, -0.15) is 10.5 Å². The highest BCUT2D eigenvalue weighted by molar-refractivity contribution is 5.44. The van der Waals surface area contributed by atoms with Crippen molar-refractivity contribution < 1.29 is 0 Å². The Balaban J connectivity index is 2.26. The molecule has 2 heterocycles. The number of nitrogens with zero attached hydrogens (tertiary/aromatic N) is 6. The summed E-state index contributed by atoms with van der Waals surface area (Å²) in [6, 6.07) is 4.22. The molecule has 6 nitrogen and oxygen atoms in total. The van der Waals surface area contributed by atoms with Gasteiger partial charge in [0, 0.05) is 37.9 Å². The van der Waals surface area contributed by atoms with Gasteiger partial charge in [-0.25, -0.2) is 9.97 Å². The first kappa shape index (κ1) is 11.9. The first-order valence-corrected chi connectivity index (χ1v) is 5.63. The lowest BCUT2D eigenvalue weighted by molar-refractivity contribution is 0.686. The molecule has 0 aliphatic carbocycles. The fourth-order valence-electron chi connectivity index (χ4n) is 1.73. The Morgan fingerprint density at radius 3 is 1.72 bits per heavy atom. The topological polar surface area (TPSA) is 83.2 Å². The van der Waals surface area contributed by atoms with Crippen LogP contribution in [0.4, 0.5) is 0 Å². The van der Waals surface area contributed by atoms with Crippen LogP contribution in [0.3, 0.4) is 0 Å². The molecule has 0 aliphatic heterocycles. The molecule has 90 valence electrons. The maximum Gasteiger partial charge on any atom is 0.176 e. The Morgan fingerprint density at radius 1 is 0.889 bits per heavy atom. The molecule has 0 amide bonds. The lowest BCUT2D eigenvalue weighted by Crippen LogP contribution is -2.05. The van der Waals surface area contributed by atoms with Crippen LogP contribution in [0.5, 0.6) is 0 Å². The summed E-state index contributed by atoms with van der Waals surface area (Å²) >= 11 is 0. The standard InChI is InChI=1S/C12H12N6/c13-3-1-7-17-9-5-15-11(17)12-16-6-10-18(12)8-2-4-14/h5-6,9-10H,1-2,7-8H2. The number of aryl methyl sites for hydroxylation is 2.